The molecule has 17 heavy (non-hydrogen) atoms. The minimum atomic E-state index is -0.440. The molecule has 0 saturated carbocycles. The molecule has 2 aromatic heterocycles. The smallest absolute Gasteiger partial charge is 0.267 e. The fourth-order valence-corrected chi connectivity index (χ4v) is 1.77. The molecule has 0 radical (unpaired) electrons. The van der Waals surface area contributed by atoms with Crippen LogP contribution in [0.25, 0.3) is 11.0 Å². The molecule has 0 atom stereocenters. The molecule has 3 heterocycles. The van der Waals surface area contributed by atoms with Crippen molar-refractivity contribution < 1.29 is 0 Å². The Bertz CT molecular complexity index is 700. The molecule has 1 aliphatic heterocycles. The highest BCUT2D eigenvalue weighted by Gasteiger charge is 2.12. The van der Waals surface area contributed by atoms with E-state index < -0.39 is 5.56 Å². The van der Waals surface area contributed by atoms with E-state index in [1.807, 2.05) is 0 Å². The zero-order valence-electron chi connectivity index (χ0n) is 8.59. The van der Waals surface area contributed by atoms with Crippen LogP contribution in [-0.2, 0) is 6.42 Å². The summed E-state index contributed by atoms with van der Waals surface area (Å²) in [5.41, 5.74) is 0.478. The summed E-state index contributed by atoms with van der Waals surface area (Å²) in [6.07, 6.45) is 3.20. The normalized spacial score (nSPS) is 13.7. The Morgan fingerprint density at radius 2 is 2.12 bits per heavy atom. The van der Waals surface area contributed by atoms with Crippen LogP contribution in [0.2, 0.25) is 5.15 Å². The van der Waals surface area contributed by atoms with Gasteiger partial charge in [0.25, 0.3) is 5.56 Å². The van der Waals surface area contributed by atoms with Gasteiger partial charge in [-0.25, -0.2) is 9.98 Å². The van der Waals surface area contributed by atoms with Gasteiger partial charge < -0.3 is 0 Å². The lowest BCUT2D eigenvalue weighted by molar-refractivity contribution is 0.947. The minimum absolute atomic E-state index is 0.144. The van der Waals surface area contributed by atoms with Crippen LogP contribution in [0.4, 0.5) is 5.82 Å². The number of fused-ring (bicyclic) bond motifs is 2. The second-order valence-corrected chi connectivity index (χ2v) is 3.94. The Balaban J connectivity index is 2.47. The fourth-order valence-electron chi connectivity index (χ4n) is 1.62. The molecule has 3 rings (SSSR count). The second-order valence-electron chi connectivity index (χ2n) is 3.55. The first kappa shape index (κ1) is 10.2. The van der Waals surface area contributed by atoms with Crippen LogP contribution in [0, 0.1) is 0 Å². The monoisotopic (exact) mass is 247 g/mol. The quantitative estimate of drug-likeness (QED) is 0.696. The van der Waals surface area contributed by atoms with E-state index in [9.17, 15) is 4.79 Å². The average Bonchev–Trinajstić information content (AvgIpc) is 2.46. The molecule has 0 spiro atoms. The van der Waals surface area contributed by atoms with Gasteiger partial charge in [-0.3, -0.25) is 4.79 Å². The van der Waals surface area contributed by atoms with Gasteiger partial charge in [-0.15, -0.1) is 10.2 Å². The number of halogens is 1. The highest BCUT2D eigenvalue weighted by atomic mass is 35.5. The average molecular weight is 248 g/mol. The van der Waals surface area contributed by atoms with Crippen LogP contribution in [-0.4, -0.2) is 26.4 Å². The third kappa shape index (κ3) is 1.76. The van der Waals surface area contributed by atoms with E-state index in [0.717, 1.165) is 6.42 Å². The maximum Gasteiger partial charge on any atom is 0.283 e. The molecule has 6 nitrogen and oxygen atoms in total. The van der Waals surface area contributed by atoms with E-state index in [1.165, 1.54) is 6.07 Å². The van der Waals surface area contributed by atoms with Crippen molar-refractivity contribution in [1.82, 2.24) is 20.2 Å². The summed E-state index contributed by atoms with van der Waals surface area (Å²) in [6.45, 7) is 0. The van der Waals surface area contributed by atoms with E-state index in [2.05, 4.69) is 25.2 Å². The van der Waals surface area contributed by atoms with Gasteiger partial charge in [0.2, 0.25) is 0 Å². The molecule has 0 saturated heterocycles. The van der Waals surface area contributed by atoms with Gasteiger partial charge in [-0.1, -0.05) is 11.6 Å². The molecule has 0 amide bonds. The highest BCUT2D eigenvalue weighted by molar-refractivity contribution is 6.29. The third-order valence-corrected chi connectivity index (χ3v) is 2.59. The number of aromatic nitrogens is 4. The summed E-state index contributed by atoms with van der Waals surface area (Å²) < 4.78 is 0. The topological polar surface area (TPSA) is 81.0 Å². The molecule has 0 fully saturated rings. The Kier molecular flexibility index (Phi) is 2.29. The predicted octanol–water partition coefficient (Wildman–Crippen LogP) is 1.08. The standard InChI is InChI=1S/C10H6ClN5O/c11-7-4-5-8(16-15-7)13-6-2-1-3-12-9(6)14-10(5)17/h3-4H,1-2H2. The highest BCUT2D eigenvalue weighted by Crippen LogP contribution is 2.18. The molecular formula is C10H6ClN5O. The fraction of sp³-hybridized carbons (Fsp3) is 0.200. The first-order valence-electron chi connectivity index (χ1n) is 5.01. The SMILES string of the molecule is O=c1nc2c(nc3nnc(Cl)cc13)CCC=N2. The van der Waals surface area contributed by atoms with Crippen molar-refractivity contribution in [2.45, 2.75) is 12.8 Å². The van der Waals surface area contributed by atoms with Crippen LogP contribution in [0.5, 0.6) is 0 Å². The van der Waals surface area contributed by atoms with Crippen molar-refractivity contribution in [1.29, 1.82) is 0 Å². The van der Waals surface area contributed by atoms with Crippen LogP contribution in [0.1, 0.15) is 12.1 Å². The largest absolute Gasteiger partial charge is 0.283 e. The van der Waals surface area contributed by atoms with Crippen molar-refractivity contribution in [3.63, 3.8) is 0 Å². The van der Waals surface area contributed by atoms with E-state index >= 15 is 0 Å². The number of hydrogen-bond donors (Lipinski definition) is 0. The van der Waals surface area contributed by atoms with Crippen LogP contribution in [0.3, 0.4) is 0 Å². The molecule has 0 bridgehead atoms. The molecule has 2 aromatic rings. The van der Waals surface area contributed by atoms with Gasteiger partial charge in [-0.2, -0.15) is 4.98 Å². The molecule has 7 heteroatoms. The minimum Gasteiger partial charge on any atom is -0.267 e. The van der Waals surface area contributed by atoms with Crippen molar-refractivity contribution >= 4 is 34.7 Å². The van der Waals surface area contributed by atoms with Gasteiger partial charge in [0.05, 0.1) is 11.1 Å². The van der Waals surface area contributed by atoms with Crippen LogP contribution < -0.4 is 5.56 Å². The summed E-state index contributed by atoms with van der Waals surface area (Å²) >= 11 is 5.70. The summed E-state index contributed by atoms with van der Waals surface area (Å²) in [5.74, 6) is 0.357. The number of rotatable bonds is 0. The summed E-state index contributed by atoms with van der Waals surface area (Å²) in [5, 5.41) is 7.88. The zero-order valence-corrected chi connectivity index (χ0v) is 9.35. The first-order valence-corrected chi connectivity index (χ1v) is 5.38. The Labute approximate surface area is 100 Å². The molecule has 0 aliphatic carbocycles. The van der Waals surface area contributed by atoms with Gasteiger partial charge in [0, 0.05) is 6.21 Å². The number of hydrogen-bond acceptors (Lipinski definition) is 6. The van der Waals surface area contributed by atoms with Crippen molar-refractivity contribution in [2.24, 2.45) is 4.99 Å². The van der Waals surface area contributed by atoms with E-state index in [0.29, 0.717) is 17.9 Å². The Hall–Kier alpha value is -1.95. The first-order chi connectivity index (χ1) is 8.24. The van der Waals surface area contributed by atoms with Crippen LogP contribution >= 0.6 is 11.6 Å². The number of nitrogens with zero attached hydrogens (tertiary/aromatic N) is 5. The third-order valence-electron chi connectivity index (χ3n) is 2.41. The Morgan fingerprint density at radius 1 is 1.24 bits per heavy atom. The second kappa shape index (κ2) is 3.81. The molecule has 1 aliphatic rings. The van der Waals surface area contributed by atoms with E-state index in [1.54, 1.807) is 6.21 Å². The van der Waals surface area contributed by atoms with Gasteiger partial charge in [0.15, 0.2) is 16.6 Å². The maximum atomic E-state index is 11.9. The Morgan fingerprint density at radius 3 is 3.00 bits per heavy atom. The lowest BCUT2D eigenvalue weighted by Crippen LogP contribution is -2.03. The van der Waals surface area contributed by atoms with Gasteiger partial charge in [-0.05, 0) is 18.9 Å². The lowest BCUT2D eigenvalue weighted by atomic mass is 10.2. The summed E-state index contributed by atoms with van der Waals surface area (Å²) in [7, 11) is 0. The van der Waals surface area contributed by atoms with Crippen molar-refractivity contribution in [2.75, 3.05) is 0 Å². The van der Waals surface area contributed by atoms with Crippen molar-refractivity contribution in [3.05, 3.63) is 27.3 Å². The molecule has 84 valence electrons. The van der Waals surface area contributed by atoms with Crippen molar-refractivity contribution in [3.8, 4) is 0 Å². The molecule has 0 unspecified atom stereocenters. The van der Waals surface area contributed by atoms with Crippen LogP contribution in [0.15, 0.2) is 15.9 Å². The van der Waals surface area contributed by atoms with Gasteiger partial charge in [0.1, 0.15) is 0 Å². The lowest BCUT2D eigenvalue weighted by Gasteiger charge is -2.01. The number of aliphatic imine (C=N–C) groups is 1. The summed E-state index contributed by atoms with van der Waals surface area (Å²) in [6, 6.07) is 1.42. The molecular weight excluding hydrogens is 242 g/mol. The zero-order chi connectivity index (χ0) is 11.8. The predicted molar refractivity (Wildman–Crippen MR) is 62.9 cm³/mol. The number of aryl methyl sites for hydroxylation is 1. The van der Waals surface area contributed by atoms with E-state index in [4.69, 9.17) is 11.6 Å². The van der Waals surface area contributed by atoms with E-state index in [-0.39, 0.29) is 16.2 Å². The summed E-state index contributed by atoms with van der Waals surface area (Å²) in [4.78, 5) is 24.1. The molecule has 0 aromatic carbocycles. The maximum absolute atomic E-state index is 11.9. The molecule has 0 N–H and O–H groups in total. The van der Waals surface area contributed by atoms with Gasteiger partial charge >= 0.3 is 0 Å².